The van der Waals surface area contributed by atoms with E-state index in [-0.39, 0.29) is 0 Å². The summed E-state index contributed by atoms with van der Waals surface area (Å²) in [5.41, 5.74) is 4.29. The number of rotatable bonds is 7. The molecule has 3 rings (SSSR count). The van der Waals surface area contributed by atoms with Gasteiger partial charge in [0.15, 0.2) is 0 Å². The second-order valence-corrected chi connectivity index (χ2v) is 8.84. The van der Waals surface area contributed by atoms with Crippen molar-refractivity contribution < 1.29 is 0 Å². The summed E-state index contributed by atoms with van der Waals surface area (Å²) >= 11 is 8.46. The van der Waals surface area contributed by atoms with Gasteiger partial charge in [0.05, 0.1) is 5.01 Å². The van der Waals surface area contributed by atoms with Gasteiger partial charge in [0.2, 0.25) is 0 Å². The zero-order valence-electron chi connectivity index (χ0n) is 14.8. The lowest BCUT2D eigenvalue weighted by molar-refractivity contribution is 0.340. The molecule has 0 radical (unpaired) electrons. The maximum absolute atomic E-state index is 6.68. The van der Waals surface area contributed by atoms with Crippen molar-refractivity contribution in [2.24, 2.45) is 11.8 Å². The zero-order valence-corrected chi connectivity index (χ0v) is 16.4. The maximum Gasteiger partial charge on any atom is 0.0924 e. The van der Waals surface area contributed by atoms with E-state index in [4.69, 9.17) is 11.6 Å². The summed E-state index contributed by atoms with van der Waals surface area (Å²) in [6.45, 7) is 4.41. The first kappa shape index (κ1) is 17.9. The number of aromatic nitrogens is 1. The summed E-state index contributed by atoms with van der Waals surface area (Å²) in [5.74, 6) is 1.49. The first-order chi connectivity index (χ1) is 11.6. The lowest BCUT2D eigenvalue weighted by Crippen LogP contribution is -2.17. The van der Waals surface area contributed by atoms with Gasteiger partial charge in [0.25, 0.3) is 0 Å². The second kappa shape index (κ2) is 8.49. The number of thiazole rings is 1. The number of hydrogen-bond donors (Lipinski definition) is 0. The van der Waals surface area contributed by atoms with Gasteiger partial charge in [-0.1, -0.05) is 23.8 Å². The van der Waals surface area contributed by atoms with Crippen molar-refractivity contribution >= 4 is 22.9 Å². The molecule has 1 aliphatic rings. The second-order valence-electron chi connectivity index (χ2n) is 7.30. The largest absolute Gasteiger partial charge is 0.250 e. The maximum atomic E-state index is 6.68. The highest BCUT2D eigenvalue weighted by molar-refractivity contribution is 7.09. The van der Waals surface area contributed by atoms with Crippen molar-refractivity contribution in [2.45, 2.75) is 64.2 Å². The lowest BCUT2D eigenvalue weighted by atomic mass is 9.86. The van der Waals surface area contributed by atoms with Crippen molar-refractivity contribution in [3.8, 4) is 0 Å². The third-order valence-electron chi connectivity index (χ3n) is 5.58. The van der Waals surface area contributed by atoms with Crippen LogP contribution in [0.2, 0.25) is 0 Å². The molecule has 0 aliphatic heterocycles. The Labute approximate surface area is 155 Å². The molecule has 1 nitrogen and oxygen atoms in total. The van der Waals surface area contributed by atoms with Crippen molar-refractivity contribution in [3.05, 3.63) is 51.5 Å². The molecule has 0 bridgehead atoms. The molecule has 1 aliphatic carbocycles. The first-order valence-electron chi connectivity index (χ1n) is 9.22. The van der Waals surface area contributed by atoms with Gasteiger partial charge in [-0.3, -0.25) is 0 Å². The van der Waals surface area contributed by atoms with Crippen LogP contribution in [0.4, 0.5) is 0 Å². The van der Waals surface area contributed by atoms with Crippen LogP contribution in [0.25, 0.3) is 0 Å². The predicted octanol–water partition coefficient (Wildman–Crippen LogP) is 6.35. The Bertz CT molecular complexity index is 637. The fourth-order valence-electron chi connectivity index (χ4n) is 4.16. The highest BCUT2D eigenvalue weighted by atomic mass is 35.5. The van der Waals surface area contributed by atoms with Crippen LogP contribution in [0.1, 0.15) is 53.8 Å². The standard InChI is InChI=1S/C21H28ClNS/c1-15-6-7-16(2)18(14-15)8-10-19-17(9-11-20(19)22)4-3-5-21-23-12-13-24-21/h6-7,12-14,17,19-20H,3-5,8-11H2,1-2H3/t17-,19+,20?/m0/s1. The molecule has 2 aromatic rings. The van der Waals surface area contributed by atoms with Crippen LogP contribution in [0.5, 0.6) is 0 Å². The molecule has 0 spiro atoms. The highest BCUT2D eigenvalue weighted by Gasteiger charge is 2.34. The molecule has 130 valence electrons. The number of alkyl halides is 1. The Morgan fingerprint density at radius 3 is 2.83 bits per heavy atom. The minimum atomic E-state index is 0.375. The SMILES string of the molecule is Cc1ccc(C)c(CC[C@H]2C(Cl)CC[C@@H]2CCCc2nccs2)c1. The molecule has 1 saturated carbocycles. The van der Waals surface area contributed by atoms with E-state index in [1.165, 1.54) is 60.2 Å². The van der Waals surface area contributed by atoms with Crippen molar-refractivity contribution in [3.63, 3.8) is 0 Å². The highest BCUT2D eigenvalue weighted by Crippen LogP contribution is 2.41. The minimum Gasteiger partial charge on any atom is -0.250 e. The van der Waals surface area contributed by atoms with Gasteiger partial charge in [-0.2, -0.15) is 0 Å². The van der Waals surface area contributed by atoms with Crippen LogP contribution >= 0.6 is 22.9 Å². The molecule has 1 fully saturated rings. The molecule has 0 N–H and O–H groups in total. The van der Waals surface area contributed by atoms with E-state index in [1.54, 1.807) is 11.3 Å². The number of benzene rings is 1. The van der Waals surface area contributed by atoms with Crippen molar-refractivity contribution in [1.29, 1.82) is 0 Å². The smallest absolute Gasteiger partial charge is 0.0924 e. The summed E-state index contributed by atoms with van der Waals surface area (Å²) in [7, 11) is 0. The first-order valence-corrected chi connectivity index (χ1v) is 10.5. The predicted molar refractivity (Wildman–Crippen MR) is 105 cm³/mol. The number of aryl methyl sites for hydroxylation is 4. The van der Waals surface area contributed by atoms with Crippen molar-refractivity contribution in [2.75, 3.05) is 0 Å². The number of nitrogens with zero attached hydrogens (tertiary/aromatic N) is 1. The number of hydrogen-bond acceptors (Lipinski definition) is 2. The Morgan fingerprint density at radius 1 is 1.17 bits per heavy atom. The van der Waals surface area contributed by atoms with E-state index in [2.05, 4.69) is 42.4 Å². The van der Waals surface area contributed by atoms with Gasteiger partial charge < -0.3 is 0 Å². The van der Waals surface area contributed by atoms with Crippen LogP contribution in [-0.4, -0.2) is 10.4 Å². The van der Waals surface area contributed by atoms with E-state index in [9.17, 15) is 0 Å². The van der Waals surface area contributed by atoms with E-state index < -0.39 is 0 Å². The molecule has 3 atom stereocenters. The van der Waals surface area contributed by atoms with Gasteiger partial charge in [0.1, 0.15) is 0 Å². The van der Waals surface area contributed by atoms with Gasteiger partial charge in [-0.15, -0.1) is 22.9 Å². The van der Waals surface area contributed by atoms with E-state index in [0.29, 0.717) is 11.3 Å². The molecule has 0 amide bonds. The van der Waals surface area contributed by atoms with Crippen molar-refractivity contribution in [1.82, 2.24) is 4.98 Å². The minimum absolute atomic E-state index is 0.375. The Kier molecular flexibility index (Phi) is 6.35. The third-order valence-corrected chi connectivity index (χ3v) is 6.97. The molecule has 1 aromatic heterocycles. The van der Waals surface area contributed by atoms with Gasteiger partial charge in [-0.05, 0) is 81.8 Å². The lowest BCUT2D eigenvalue weighted by Gasteiger charge is -2.22. The van der Waals surface area contributed by atoms with Crippen LogP contribution in [0, 0.1) is 25.7 Å². The number of halogens is 1. The molecule has 1 unspecified atom stereocenters. The van der Waals surface area contributed by atoms with Crippen LogP contribution in [0.15, 0.2) is 29.8 Å². The molecule has 24 heavy (non-hydrogen) atoms. The fraction of sp³-hybridized carbons (Fsp3) is 0.571. The molecule has 0 saturated heterocycles. The molecule has 1 heterocycles. The molecule has 1 aromatic carbocycles. The van der Waals surface area contributed by atoms with E-state index >= 15 is 0 Å². The molecular formula is C21H28ClNS. The fourth-order valence-corrected chi connectivity index (χ4v) is 5.28. The zero-order chi connectivity index (χ0) is 16.9. The topological polar surface area (TPSA) is 12.9 Å². The Balaban J connectivity index is 1.53. The van der Waals surface area contributed by atoms with E-state index in [0.717, 1.165) is 12.3 Å². The summed E-state index contributed by atoms with van der Waals surface area (Å²) in [5, 5.41) is 3.73. The molecule has 3 heteroatoms. The average molecular weight is 362 g/mol. The normalized spacial score (nSPS) is 23.7. The van der Waals surface area contributed by atoms with Gasteiger partial charge in [-0.25, -0.2) is 4.98 Å². The Morgan fingerprint density at radius 2 is 2.04 bits per heavy atom. The van der Waals surface area contributed by atoms with Gasteiger partial charge >= 0.3 is 0 Å². The quantitative estimate of drug-likeness (QED) is 0.523. The van der Waals surface area contributed by atoms with Crippen LogP contribution in [-0.2, 0) is 12.8 Å². The monoisotopic (exact) mass is 361 g/mol. The average Bonchev–Trinajstić information content (AvgIpc) is 3.19. The molecular weight excluding hydrogens is 334 g/mol. The Hall–Kier alpha value is -0.860. The van der Waals surface area contributed by atoms with Crippen LogP contribution < -0.4 is 0 Å². The summed E-state index contributed by atoms with van der Waals surface area (Å²) in [6, 6.07) is 6.81. The third kappa shape index (κ3) is 4.61. The summed E-state index contributed by atoms with van der Waals surface area (Å²) in [6.07, 6.45) is 10.5. The van der Waals surface area contributed by atoms with Gasteiger partial charge in [0, 0.05) is 17.0 Å². The van der Waals surface area contributed by atoms with Crippen LogP contribution in [0.3, 0.4) is 0 Å². The van der Waals surface area contributed by atoms with E-state index in [1.807, 2.05) is 6.20 Å². The summed E-state index contributed by atoms with van der Waals surface area (Å²) in [4.78, 5) is 4.40. The summed E-state index contributed by atoms with van der Waals surface area (Å²) < 4.78 is 0.